The number of hydrogen-bond acceptors (Lipinski definition) is 2. The zero-order chi connectivity index (χ0) is 13.0. The van der Waals surface area contributed by atoms with Crippen molar-refractivity contribution in [3.05, 3.63) is 57.8 Å². The number of halogens is 2. The van der Waals surface area contributed by atoms with Crippen molar-refractivity contribution in [1.29, 1.82) is 0 Å². The Balaban J connectivity index is 2.08. The van der Waals surface area contributed by atoms with E-state index >= 15 is 0 Å². The smallest absolute Gasteiger partial charge is 0.130 e. The summed E-state index contributed by atoms with van der Waals surface area (Å²) in [6, 6.07) is 9.88. The highest BCUT2D eigenvalue weighted by molar-refractivity contribution is 9.10. The molecule has 0 amide bonds. The van der Waals surface area contributed by atoms with E-state index in [1.54, 1.807) is 6.20 Å². The van der Waals surface area contributed by atoms with Gasteiger partial charge in [-0.15, -0.1) is 11.6 Å². The van der Waals surface area contributed by atoms with E-state index in [1.807, 2.05) is 37.3 Å². The van der Waals surface area contributed by atoms with Crippen molar-refractivity contribution in [2.24, 2.45) is 0 Å². The molecule has 2 rings (SSSR count). The van der Waals surface area contributed by atoms with Crippen LogP contribution < -0.4 is 4.74 Å². The highest BCUT2D eigenvalue weighted by Gasteiger charge is 2.04. The van der Waals surface area contributed by atoms with E-state index < -0.39 is 0 Å². The van der Waals surface area contributed by atoms with Crippen LogP contribution in [0.3, 0.4) is 0 Å². The molecular formula is C14H13BrClNO. The molecule has 0 spiro atoms. The molecule has 1 aromatic carbocycles. The lowest BCUT2D eigenvalue weighted by molar-refractivity contribution is 0.299. The molecule has 0 aliphatic heterocycles. The minimum atomic E-state index is 0.445. The first kappa shape index (κ1) is 13.4. The van der Waals surface area contributed by atoms with Gasteiger partial charge in [0.15, 0.2) is 0 Å². The molecule has 0 radical (unpaired) electrons. The van der Waals surface area contributed by atoms with Crippen molar-refractivity contribution in [2.45, 2.75) is 19.4 Å². The van der Waals surface area contributed by atoms with Crippen LogP contribution in [-0.2, 0) is 12.5 Å². The zero-order valence-corrected chi connectivity index (χ0v) is 12.3. The summed E-state index contributed by atoms with van der Waals surface area (Å²) < 4.78 is 6.71. The third-order valence-corrected chi connectivity index (χ3v) is 3.28. The Labute approximate surface area is 120 Å². The summed E-state index contributed by atoms with van der Waals surface area (Å²) in [5, 5.41) is 0. The number of rotatable bonds is 4. The third-order valence-electron chi connectivity index (χ3n) is 2.52. The van der Waals surface area contributed by atoms with Crippen molar-refractivity contribution >= 4 is 27.5 Å². The van der Waals surface area contributed by atoms with Gasteiger partial charge in [-0.25, -0.2) is 0 Å². The number of alkyl halides is 1. The van der Waals surface area contributed by atoms with Gasteiger partial charge in [-0.3, -0.25) is 4.98 Å². The van der Waals surface area contributed by atoms with Gasteiger partial charge in [0, 0.05) is 16.2 Å². The number of aryl methyl sites for hydroxylation is 1. The summed E-state index contributed by atoms with van der Waals surface area (Å²) in [6.07, 6.45) is 1.76. The van der Waals surface area contributed by atoms with Crippen LogP contribution in [-0.4, -0.2) is 4.98 Å². The van der Waals surface area contributed by atoms with Crippen molar-refractivity contribution in [1.82, 2.24) is 4.98 Å². The maximum Gasteiger partial charge on any atom is 0.130 e. The first-order valence-electron chi connectivity index (χ1n) is 5.58. The fourth-order valence-electron chi connectivity index (χ4n) is 1.60. The van der Waals surface area contributed by atoms with Gasteiger partial charge < -0.3 is 4.74 Å². The van der Waals surface area contributed by atoms with Gasteiger partial charge in [0.2, 0.25) is 0 Å². The summed E-state index contributed by atoms with van der Waals surface area (Å²) >= 11 is 9.26. The Hall–Kier alpha value is -1.06. The minimum absolute atomic E-state index is 0.445. The normalized spacial score (nSPS) is 10.4. The van der Waals surface area contributed by atoms with Gasteiger partial charge in [-0.2, -0.15) is 0 Å². The predicted octanol–water partition coefficient (Wildman–Crippen LogP) is 4.47. The first-order chi connectivity index (χ1) is 8.69. The van der Waals surface area contributed by atoms with Crippen molar-refractivity contribution < 1.29 is 4.74 Å². The lowest BCUT2D eigenvalue weighted by Crippen LogP contribution is -2.00. The van der Waals surface area contributed by atoms with Crippen LogP contribution in [0.4, 0.5) is 0 Å². The topological polar surface area (TPSA) is 22.1 Å². The van der Waals surface area contributed by atoms with E-state index in [2.05, 4.69) is 20.9 Å². The number of ether oxygens (including phenoxy) is 1. The summed E-state index contributed by atoms with van der Waals surface area (Å²) in [7, 11) is 0. The lowest BCUT2D eigenvalue weighted by atomic mass is 10.1. The number of benzene rings is 1. The van der Waals surface area contributed by atoms with Crippen LogP contribution in [0.25, 0.3) is 0 Å². The third kappa shape index (κ3) is 3.47. The molecule has 0 atom stereocenters. The van der Waals surface area contributed by atoms with E-state index in [-0.39, 0.29) is 0 Å². The average Bonchev–Trinajstić information content (AvgIpc) is 2.39. The molecule has 0 unspecified atom stereocenters. The Kier molecular flexibility index (Phi) is 4.61. The van der Waals surface area contributed by atoms with E-state index in [4.69, 9.17) is 16.3 Å². The van der Waals surface area contributed by atoms with Gasteiger partial charge in [0.25, 0.3) is 0 Å². The second-order valence-electron chi connectivity index (χ2n) is 4.00. The van der Waals surface area contributed by atoms with E-state index in [0.29, 0.717) is 12.5 Å². The van der Waals surface area contributed by atoms with Crippen molar-refractivity contribution in [3.63, 3.8) is 0 Å². The fraction of sp³-hybridized carbons (Fsp3) is 0.214. The molecular weight excluding hydrogens is 314 g/mol. The maximum absolute atomic E-state index is 5.90. The summed E-state index contributed by atoms with van der Waals surface area (Å²) in [6.45, 7) is 2.48. The summed E-state index contributed by atoms with van der Waals surface area (Å²) in [4.78, 5) is 4.26. The SMILES string of the molecule is Cc1ccc(OCc2ccc(Br)cn2)c(CCl)c1. The molecule has 0 aliphatic rings. The Morgan fingerprint density at radius 3 is 2.78 bits per heavy atom. The molecule has 1 aromatic heterocycles. The van der Waals surface area contributed by atoms with E-state index in [0.717, 1.165) is 21.5 Å². The van der Waals surface area contributed by atoms with Crippen LogP contribution in [0, 0.1) is 6.92 Å². The second kappa shape index (κ2) is 6.21. The quantitative estimate of drug-likeness (QED) is 0.773. The van der Waals surface area contributed by atoms with Crippen LogP contribution >= 0.6 is 27.5 Å². The van der Waals surface area contributed by atoms with Gasteiger partial charge in [-0.1, -0.05) is 17.7 Å². The predicted molar refractivity (Wildman–Crippen MR) is 77.0 cm³/mol. The zero-order valence-electron chi connectivity index (χ0n) is 9.99. The van der Waals surface area contributed by atoms with Crippen LogP contribution in [0.1, 0.15) is 16.8 Å². The molecule has 0 saturated heterocycles. The molecule has 0 saturated carbocycles. The second-order valence-corrected chi connectivity index (χ2v) is 5.18. The number of pyridine rings is 1. The van der Waals surface area contributed by atoms with Crippen molar-refractivity contribution in [2.75, 3.05) is 0 Å². The largest absolute Gasteiger partial charge is 0.487 e. The van der Waals surface area contributed by atoms with Crippen LogP contribution in [0.15, 0.2) is 41.0 Å². The van der Waals surface area contributed by atoms with E-state index in [1.165, 1.54) is 5.56 Å². The Bertz CT molecular complexity index is 528. The standard InChI is InChI=1S/C14H13BrClNO/c1-10-2-5-14(11(6-10)7-16)18-9-13-4-3-12(15)8-17-13/h2-6,8H,7,9H2,1H3. The molecule has 94 valence electrons. The van der Waals surface area contributed by atoms with Crippen LogP contribution in [0.2, 0.25) is 0 Å². The molecule has 2 aromatic rings. The highest BCUT2D eigenvalue weighted by Crippen LogP contribution is 2.22. The molecule has 2 nitrogen and oxygen atoms in total. The Morgan fingerprint density at radius 1 is 1.28 bits per heavy atom. The molecule has 18 heavy (non-hydrogen) atoms. The van der Waals surface area contributed by atoms with Crippen LogP contribution in [0.5, 0.6) is 5.75 Å². The number of nitrogens with zero attached hydrogens (tertiary/aromatic N) is 1. The first-order valence-corrected chi connectivity index (χ1v) is 6.90. The van der Waals surface area contributed by atoms with Gasteiger partial charge >= 0.3 is 0 Å². The summed E-state index contributed by atoms with van der Waals surface area (Å²) in [5.74, 6) is 1.27. The average molecular weight is 327 g/mol. The molecule has 0 aliphatic carbocycles. The van der Waals surface area contributed by atoms with Gasteiger partial charge in [0.1, 0.15) is 12.4 Å². The van der Waals surface area contributed by atoms with Crippen molar-refractivity contribution in [3.8, 4) is 5.75 Å². The van der Waals surface area contributed by atoms with Gasteiger partial charge in [0.05, 0.1) is 11.6 Å². The molecule has 1 heterocycles. The molecule has 4 heteroatoms. The highest BCUT2D eigenvalue weighted by atomic mass is 79.9. The minimum Gasteiger partial charge on any atom is -0.487 e. The number of hydrogen-bond donors (Lipinski definition) is 0. The lowest BCUT2D eigenvalue weighted by Gasteiger charge is -2.10. The van der Waals surface area contributed by atoms with Gasteiger partial charge in [-0.05, 0) is 41.1 Å². The fourth-order valence-corrected chi connectivity index (χ4v) is 2.04. The number of aromatic nitrogens is 1. The monoisotopic (exact) mass is 325 g/mol. The Morgan fingerprint density at radius 2 is 2.11 bits per heavy atom. The molecule has 0 fully saturated rings. The summed E-state index contributed by atoms with van der Waals surface area (Å²) in [5.41, 5.74) is 3.08. The molecule has 0 bridgehead atoms. The maximum atomic E-state index is 5.90. The van der Waals surface area contributed by atoms with E-state index in [9.17, 15) is 0 Å². The molecule has 0 N–H and O–H groups in total.